The van der Waals surface area contributed by atoms with E-state index in [-0.39, 0.29) is 23.1 Å². The van der Waals surface area contributed by atoms with Gasteiger partial charge < -0.3 is 14.6 Å². The Morgan fingerprint density at radius 1 is 1.03 bits per heavy atom. The van der Waals surface area contributed by atoms with Crippen molar-refractivity contribution in [3.63, 3.8) is 0 Å². The van der Waals surface area contributed by atoms with Crippen molar-refractivity contribution in [2.75, 3.05) is 7.11 Å². The molecule has 0 aromatic heterocycles. The van der Waals surface area contributed by atoms with Gasteiger partial charge in [0.1, 0.15) is 23.9 Å². The van der Waals surface area contributed by atoms with E-state index >= 15 is 4.39 Å². The zero-order valence-corrected chi connectivity index (χ0v) is 23.5. The standard InChI is InChI=1S/C34H39FO4/c1-5-34(20-32(36)37)16-14-23-9-10-25(19-30(23)34)39-21-22-8-12-26(28-18-24(38-4)11-13-31(28)35)27(17-22)29-7-6-15-33(29,2)3/h8-13,17-19,29H,5-7,14-16,20-21H2,1-4H3,(H,36,37)/t29-,34+/m0/s1. The van der Waals surface area contributed by atoms with Crippen molar-refractivity contribution < 1.29 is 23.8 Å². The SMILES string of the molecule is CC[C@]1(CC(=O)O)CCc2ccc(OCc3ccc(-c4cc(OC)ccc4F)c([C@@H]4CCCC4(C)C)c3)cc21. The van der Waals surface area contributed by atoms with Crippen LogP contribution in [-0.2, 0) is 23.2 Å². The summed E-state index contributed by atoms with van der Waals surface area (Å²) < 4.78 is 26.8. The van der Waals surface area contributed by atoms with Crippen LogP contribution in [0.5, 0.6) is 11.5 Å². The average Bonchev–Trinajstić information content (AvgIpc) is 3.46. The first-order valence-corrected chi connectivity index (χ1v) is 14.1. The molecular formula is C34H39FO4. The molecule has 0 spiro atoms. The molecule has 0 aliphatic heterocycles. The predicted molar refractivity (Wildman–Crippen MR) is 152 cm³/mol. The van der Waals surface area contributed by atoms with Gasteiger partial charge in [-0.25, -0.2) is 4.39 Å². The van der Waals surface area contributed by atoms with Gasteiger partial charge in [-0.05, 0) is 102 Å². The molecule has 5 heteroatoms. The summed E-state index contributed by atoms with van der Waals surface area (Å²) in [5, 5.41) is 9.56. The van der Waals surface area contributed by atoms with E-state index in [1.807, 2.05) is 18.2 Å². The number of fused-ring (bicyclic) bond motifs is 1. The van der Waals surface area contributed by atoms with Crippen LogP contribution in [-0.4, -0.2) is 18.2 Å². The Hall–Kier alpha value is -3.34. The van der Waals surface area contributed by atoms with E-state index in [1.54, 1.807) is 19.2 Å². The molecule has 4 nitrogen and oxygen atoms in total. The van der Waals surface area contributed by atoms with Gasteiger partial charge in [0.25, 0.3) is 0 Å². The minimum Gasteiger partial charge on any atom is -0.497 e. The smallest absolute Gasteiger partial charge is 0.304 e. The first kappa shape index (κ1) is 27.2. The highest BCUT2D eigenvalue weighted by molar-refractivity contribution is 5.71. The van der Waals surface area contributed by atoms with Gasteiger partial charge in [0.15, 0.2) is 0 Å². The van der Waals surface area contributed by atoms with E-state index < -0.39 is 5.97 Å². The zero-order valence-electron chi connectivity index (χ0n) is 23.5. The summed E-state index contributed by atoms with van der Waals surface area (Å²) in [5.41, 5.74) is 5.80. The molecule has 1 saturated carbocycles. The van der Waals surface area contributed by atoms with E-state index in [1.165, 1.54) is 11.6 Å². The molecule has 2 aliphatic carbocycles. The van der Waals surface area contributed by atoms with Crippen molar-refractivity contribution in [1.82, 2.24) is 0 Å². The van der Waals surface area contributed by atoms with E-state index in [4.69, 9.17) is 9.47 Å². The Balaban J connectivity index is 1.46. The van der Waals surface area contributed by atoms with Crippen molar-refractivity contribution in [1.29, 1.82) is 0 Å². The Kier molecular flexibility index (Phi) is 7.45. The number of benzene rings is 3. The molecule has 0 saturated heterocycles. The number of rotatable bonds is 9. The third-order valence-corrected chi connectivity index (χ3v) is 9.31. The molecule has 3 aromatic carbocycles. The maximum Gasteiger partial charge on any atom is 0.304 e. The highest BCUT2D eigenvalue weighted by Gasteiger charge is 2.39. The minimum absolute atomic E-state index is 0.122. The van der Waals surface area contributed by atoms with Crippen LogP contribution in [0.1, 0.15) is 87.5 Å². The molecule has 1 N–H and O–H groups in total. The fourth-order valence-corrected chi connectivity index (χ4v) is 6.97. The van der Waals surface area contributed by atoms with Crippen LogP contribution >= 0.6 is 0 Å². The van der Waals surface area contributed by atoms with E-state index in [0.717, 1.165) is 66.5 Å². The Morgan fingerprint density at radius 2 is 1.82 bits per heavy atom. The van der Waals surface area contributed by atoms with Gasteiger partial charge >= 0.3 is 5.97 Å². The summed E-state index contributed by atoms with van der Waals surface area (Å²) in [4.78, 5) is 11.6. The maximum atomic E-state index is 15.1. The molecule has 0 amide bonds. The Labute approximate surface area is 231 Å². The molecule has 0 bridgehead atoms. The minimum atomic E-state index is -0.758. The van der Waals surface area contributed by atoms with Crippen LogP contribution in [0.3, 0.4) is 0 Å². The molecule has 2 aliphatic rings. The van der Waals surface area contributed by atoms with Crippen LogP contribution in [0, 0.1) is 11.2 Å². The number of ether oxygens (including phenoxy) is 2. The highest BCUT2D eigenvalue weighted by Crippen LogP contribution is 2.51. The van der Waals surface area contributed by atoms with Crippen molar-refractivity contribution in [2.45, 2.75) is 83.7 Å². The second-order valence-electron chi connectivity index (χ2n) is 12.0. The topological polar surface area (TPSA) is 55.8 Å². The number of aryl methyl sites for hydroxylation is 1. The van der Waals surface area contributed by atoms with Gasteiger partial charge in [-0.1, -0.05) is 51.5 Å². The molecule has 3 aromatic rings. The van der Waals surface area contributed by atoms with Crippen LogP contribution in [0.2, 0.25) is 0 Å². The molecule has 0 heterocycles. The number of carboxylic acids is 1. The number of aliphatic carboxylic acids is 1. The van der Waals surface area contributed by atoms with Crippen LogP contribution in [0.4, 0.5) is 4.39 Å². The third kappa shape index (κ3) is 5.28. The van der Waals surface area contributed by atoms with Gasteiger partial charge in [-0.2, -0.15) is 0 Å². The number of halogens is 1. The van der Waals surface area contributed by atoms with E-state index in [0.29, 0.717) is 23.8 Å². The largest absolute Gasteiger partial charge is 0.497 e. The van der Waals surface area contributed by atoms with Crippen LogP contribution < -0.4 is 9.47 Å². The average molecular weight is 531 g/mol. The quantitative estimate of drug-likeness (QED) is 0.302. The predicted octanol–water partition coefficient (Wildman–Crippen LogP) is 8.44. The molecule has 0 unspecified atom stereocenters. The summed E-state index contributed by atoms with van der Waals surface area (Å²) in [6.07, 6.45) is 6.06. The summed E-state index contributed by atoms with van der Waals surface area (Å²) in [7, 11) is 1.60. The number of carbonyl (C=O) groups is 1. The first-order valence-electron chi connectivity index (χ1n) is 14.1. The number of hydrogen-bond acceptors (Lipinski definition) is 3. The van der Waals surface area contributed by atoms with Crippen molar-refractivity contribution >= 4 is 5.97 Å². The molecule has 206 valence electrons. The fraction of sp³-hybridized carbons (Fsp3) is 0.441. The second kappa shape index (κ2) is 10.7. The van der Waals surface area contributed by atoms with Gasteiger partial charge in [0.05, 0.1) is 13.5 Å². The lowest BCUT2D eigenvalue weighted by Crippen LogP contribution is -2.25. The van der Waals surface area contributed by atoms with Gasteiger partial charge in [-0.3, -0.25) is 4.79 Å². The van der Waals surface area contributed by atoms with Gasteiger partial charge in [0, 0.05) is 11.0 Å². The second-order valence-corrected chi connectivity index (χ2v) is 12.0. The maximum absolute atomic E-state index is 15.1. The lowest BCUT2D eigenvalue weighted by atomic mass is 9.75. The summed E-state index contributed by atoms with van der Waals surface area (Å²) in [5.74, 6) is 0.698. The van der Waals surface area contributed by atoms with Crippen molar-refractivity contribution in [3.8, 4) is 22.6 Å². The molecular weight excluding hydrogens is 491 g/mol. The molecule has 1 fully saturated rings. The van der Waals surface area contributed by atoms with Crippen molar-refractivity contribution in [3.05, 3.63) is 82.7 Å². The molecule has 2 atom stereocenters. The molecule has 39 heavy (non-hydrogen) atoms. The number of methoxy groups -OCH3 is 1. The monoisotopic (exact) mass is 530 g/mol. The first-order chi connectivity index (χ1) is 18.7. The molecule has 5 rings (SSSR count). The van der Waals surface area contributed by atoms with E-state index in [9.17, 15) is 9.90 Å². The lowest BCUT2D eigenvalue weighted by molar-refractivity contribution is -0.138. The number of hydrogen-bond donors (Lipinski definition) is 1. The third-order valence-electron chi connectivity index (χ3n) is 9.31. The highest BCUT2D eigenvalue weighted by atomic mass is 19.1. The molecule has 0 radical (unpaired) electrons. The zero-order chi connectivity index (χ0) is 27.8. The van der Waals surface area contributed by atoms with E-state index in [2.05, 4.69) is 39.0 Å². The van der Waals surface area contributed by atoms with Crippen molar-refractivity contribution in [2.24, 2.45) is 5.41 Å². The fourth-order valence-electron chi connectivity index (χ4n) is 6.97. The summed E-state index contributed by atoms with van der Waals surface area (Å²) in [6.45, 7) is 7.07. The Morgan fingerprint density at radius 3 is 2.51 bits per heavy atom. The summed E-state index contributed by atoms with van der Waals surface area (Å²) >= 11 is 0. The summed E-state index contributed by atoms with van der Waals surface area (Å²) in [6, 6.07) is 17.3. The van der Waals surface area contributed by atoms with Crippen LogP contribution in [0.15, 0.2) is 54.6 Å². The van der Waals surface area contributed by atoms with Gasteiger partial charge in [0.2, 0.25) is 0 Å². The number of carboxylic acid groups (broad SMARTS) is 1. The van der Waals surface area contributed by atoms with Gasteiger partial charge in [-0.15, -0.1) is 0 Å². The normalized spacial score (nSPS) is 21.5. The Bertz CT molecular complexity index is 1380. The van der Waals surface area contributed by atoms with Crippen LogP contribution in [0.25, 0.3) is 11.1 Å². The lowest BCUT2D eigenvalue weighted by Gasteiger charge is -2.30.